The van der Waals surface area contributed by atoms with E-state index in [9.17, 15) is 36.6 Å². The highest BCUT2D eigenvalue weighted by atomic mass is 19.3. The molecule has 1 unspecified atom stereocenters. The summed E-state index contributed by atoms with van der Waals surface area (Å²) in [6, 6.07) is 2.62. The number of ether oxygens (including phenoxy) is 1. The first-order valence-electron chi connectivity index (χ1n) is 12.5. The lowest BCUT2D eigenvalue weighted by Crippen LogP contribution is -2.47. The number of carbonyl (C=O) groups excluding carboxylic acids is 1. The van der Waals surface area contributed by atoms with Crippen molar-refractivity contribution in [1.29, 1.82) is 0 Å². The third-order valence-corrected chi connectivity index (χ3v) is 7.12. The Labute approximate surface area is 221 Å². The zero-order chi connectivity index (χ0) is 28.5. The molecule has 4 rings (SSSR count). The predicted octanol–water partition coefficient (Wildman–Crippen LogP) is 5.34. The number of alkyl halides is 4. The second-order valence-corrected chi connectivity index (χ2v) is 10.3. The van der Waals surface area contributed by atoms with Crippen LogP contribution in [0.25, 0.3) is 11.1 Å². The van der Waals surface area contributed by atoms with Gasteiger partial charge in [0.1, 0.15) is 11.6 Å². The summed E-state index contributed by atoms with van der Waals surface area (Å²) in [7, 11) is 0. The van der Waals surface area contributed by atoms with E-state index in [1.165, 1.54) is 12.3 Å². The highest BCUT2D eigenvalue weighted by Gasteiger charge is 2.39. The largest absolute Gasteiger partial charge is 0.465 e. The number of aryl methyl sites for hydroxylation is 1. The fourth-order valence-electron chi connectivity index (χ4n) is 5.27. The summed E-state index contributed by atoms with van der Waals surface area (Å²) in [5.41, 5.74) is 0.230. The molecule has 1 aliphatic heterocycles. The molecule has 39 heavy (non-hydrogen) atoms. The molecule has 1 atom stereocenters. The van der Waals surface area contributed by atoms with Crippen LogP contribution in [-0.4, -0.2) is 59.3 Å². The van der Waals surface area contributed by atoms with E-state index in [1.807, 2.05) is 0 Å². The molecule has 13 heteroatoms. The molecule has 1 aromatic heterocycles. The Balaban J connectivity index is 1.78. The number of hydrogen-bond acceptors (Lipinski definition) is 5. The van der Waals surface area contributed by atoms with E-state index in [4.69, 9.17) is 0 Å². The lowest BCUT2D eigenvalue weighted by Gasteiger charge is -2.31. The molecule has 1 saturated heterocycles. The van der Waals surface area contributed by atoms with Gasteiger partial charge in [-0.2, -0.15) is 8.78 Å². The van der Waals surface area contributed by atoms with Gasteiger partial charge in [-0.25, -0.2) is 18.0 Å². The Hall–Kier alpha value is -3.64. The molecule has 0 radical (unpaired) electrons. The van der Waals surface area contributed by atoms with Crippen LogP contribution in [0.2, 0.25) is 0 Å². The molecule has 2 amide bonds. The number of benzene rings is 1. The van der Waals surface area contributed by atoms with Crippen LogP contribution in [0, 0.1) is 12.7 Å². The van der Waals surface area contributed by atoms with E-state index in [0.29, 0.717) is 24.3 Å². The third kappa shape index (κ3) is 6.69. The van der Waals surface area contributed by atoms with E-state index >= 15 is 0 Å². The van der Waals surface area contributed by atoms with E-state index in [1.54, 1.807) is 18.7 Å². The zero-order valence-corrected chi connectivity index (χ0v) is 21.4. The van der Waals surface area contributed by atoms with Crippen LogP contribution in [0.3, 0.4) is 0 Å². The molecule has 2 aromatic rings. The van der Waals surface area contributed by atoms with E-state index in [0.717, 1.165) is 12.1 Å². The maximum atomic E-state index is 14.5. The van der Waals surface area contributed by atoms with Gasteiger partial charge in [-0.15, -0.1) is 0 Å². The summed E-state index contributed by atoms with van der Waals surface area (Å²) < 4.78 is 72.0. The minimum atomic E-state index is -3.19. The molecule has 2 heterocycles. The lowest BCUT2D eigenvalue weighted by atomic mass is 9.92. The summed E-state index contributed by atoms with van der Waals surface area (Å²) in [5, 5.41) is 14.6. The molecule has 0 bridgehead atoms. The standard InChI is InChI=1S/C26H29F5N4O4/c1-14-20(15-9-16(27)11-18(10-15)39-23(28)29)21(35-8-7-25(2,13-35)34-24(37)38)19(12-32-14)22(36)33-17-3-5-26(30,31)6-4-17/h9-12,17,23,34H,3-8,13H2,1-2H3,(H,33,36)(H,37,38). The van der Waals surface area contributed by atoms with Crippen molar-refractivity contribution < 1.29 is 41.4 Å². The van der Waals surface area contributed by atoms with Crippen molar-refractivity contribution >= 4 is 17.7 Å². The SMILES string of the molecule is Cc1ncc(C(=O)NC2CCC(F)(F)CC2)c(N2CCC(C)(NC(=O)O)C2)c1-c1cc(F)cc(OC(F)F)c1. The molecule has 1 aromatic carbocycles. The summed E-state index contributed by atoms with van der Waals surface area (Å²) in [6.45, 7) is 0.556. The average Bonchev–Trinajstić information content (AvgIpc) is 3.19. The molecule has 8 nitrogen and oxygen atoms in total. The fraction of sp³-hybridized carbons (Fsp3) is 0.500. The topological polar surface area (TPSA) is 104 Å². The first-order chi connectivity index (χ1) is 18.2. The third-order valence-electron chi connectivity index (χ3n) is 7.12. The molecular formula is C26H29F5N4O4. The van der Waals surface area contributed by atoms with Crippen LogP contribution in [0.1, 0.15) is 55.1 Å². The van der Waals surface area contributed by atoms with Crippen molar-refractivity contribution in [2.24, 2.45) is 0 Å². The molecule has 212 valence electrons. The second kappa shape index (κ2) is 10.9. The molecule has 2 fully saturated rings. The number of aromatic nitrogens is 1. The van der Waals surface area contributed by atoms with Crippen molar-refractivity contribution in [3.63, 3.8) is 0 Å². The van der Waals surface area contributed by atoms with Gasteiger partial charge in [-0.3, -0.25) is 9.78 Å². The van der Waals surface area contributed by atoms with Gasteiger partial charge in [0.2, 0.25) is 5.92 Å². The summed E-state index contributed by atoms with van der Waals surface area (Å²) in [4.78, 5) is 30.9. The van der Waals surface area contributed by atoms with Gasteiger partial charge in [-0.1, -0.05) is 0 Å². The number of carbonyl (C=O) groups is 2. The first-order valence-corrected chi connectivity index (χ1v) is 12.5. The van der Waals surface area contributed by atoms with Crippen LogP contribution >= 0.6 is 0 Å². The van der Waals surface area contributed by atoms with Crippen molar-refractivity contribution in [1.82, 2.24) is 15.6 Å². The number of halogens is 5. The summed E-state index contributed by atoms with van der Waals surface area (Å²) in [5.74, 6) is -4.65. The molecule has 2 aliphatic rings. The van der Waals surface area contributed by atoms with Gasteiger partial charge < -0.3 is 25.4 Å². The van der Waals surface area contributed by atoms with E-state index in [2.05, 4.69) is 20.4 Å². The number of amides is 2. The monoisotopic (exact) mass is 556 g/mol. The highest BCUT2D eigenvalue weighted by Crippen LogP contribution is 2.41. The number of nitrogens with zero attached hydrogens (tertiary/aromatic N) is 2. The normalized spacial score (nSPS) is 21.2. The Morgan fingerprint density at radius 3 is 2.51 bits per heavy atom. The number of rotatable bonds is 7. The first kappa shape index (κ1) is 28.4. The fourth-order valence-corrected chi connectivity index (χ4v) is 5.27. The van der Waals surface area contributed by atoms with E-state index < -0.39 is 47.7 Å². The maximum Gasteiger partial charge on any atom is 0.405 e. The van der Waals surface area contributed by atoms with Crippen LogP contribution in [0.15, 0.2) is 24.4 Å². The molecule has 0 spiro atoms. The van der Waals surface area contributed by atoms with Crippen LogP contribution < -0.4 is 20.3 Å². The number of carboxylic acid groups (broad SMARTS) is 1. The molecule has 1 saturated carbocycles. The smallest absolute Gasteiger partial charge is 0.405 e. The number of hydrogen-bond donors (Lipinski definition) is 3. The van der Waals surface area contributed by atoms with Crippen molar-refractivity contribution in [2.45, 2.75) is 70.1 Å². The van der Waals surface area contributed by atoms with Gasteiger partial charge in [0.25, 0.3) is 5.91 Å². The molecule has 1 aliphatic carbocycles. The number of anilines is 1. The van der Waals surface area contributed by atoms with Gasteiger partial charge in [-0.05, 0) is 50.8 Å². The van der Waals surface area contributed by atoms with Crippen molar-refractivity contribution in [3.05, 3.63) is 41.5 Å². The predicted molar refractivity (Wildman–Crippen MR) is 132 cm³/mol. The van der Waals surface area contributed by atoms with Crippen molar-refractivity contribution in [3.8, 4) is 16.9 Å². The average molecular weight is 557 g/mol. The van der Waals surface area contributed by atoms with E-state index in [-0.39, 0.29) is 48.9 Å². The lowest BCUT2D eigenvalue weighted by molar-refractivity contribution is -0.0499. The number of nitrogens with one attached hydrogen (secondary N) is 2. The number of pyridine rings is 1. The Morgan fingerprint density at radius 2 is 1.87 bits per heavy atom. The van der Waals surface area contributed by atoms with Crippen LogP contribution in [0.4, 0.5) is 32.4 Å². The Bertz CT molecular complexity index is 1250. The molecular weight excluding hydrogens is 527 g/mol. The quantitative estimate of drug-likeness (QED) is 0.398. The summed E-state index contributed by atoms with van der Waals surface area (Å²) >= 11 is 0. The van der Waals surface area contributed by atoms with Crippen LogP contribution in [-0.2, 0) is 0 Å². The van der Waals surface area contributed by atoms with Gasteiger partial charge >= 0.3 is 12.7 Å². The minimum Gasteiger partial charge on any atom is -0.465 e. The van der Waals surface area contributed by atoms with Gasteiger partial charge in [0.15, 0.2) is 0 Å². The second-order valence-electron chi connectivity index (χ2n) is 10.3. The maximum absolute atomic E-state index is 14.5. The Morgan fingerprint density at radius 1 is 1.18 bits per heavy atom. The Kier molecular flexibility index (Phi) is 7.89. The van der Waals surface area contributed by atoms with Gasteiger partial charge in [0.05, 0.1) is 16.8 Å². The van der Waals surface area contributed by atoms with Crippen LogP contribution in [0.5, 0.6) is 5.75 Å². The van der Waals surface area contributed by atoms with Gasteiger partial charge in [0, 0.05) is 55.5 Å². The van der Waals surface area contributed by atoms with Crippen molar-refractivity contribution in [2.75, 3.05) is 18.0 Å². The highest BCUT2D eigenvalue weighted by molar-refractivity contribution is 6.04. The molecule has 3 N–H and O–H groups in total. The zero-order valence-electron chi connectivity index (χ0n) is 21.4. The minimum absolute atomic E-state index is 0.0631. The summed E-state index contributed by atoms with van der Waals surface area (Å²) in [6.07, 6.45) is -0.0748.